The fraction of sp³-hybridized carbons (Fsp3) is 0.233. The zero-order chi connectivity index (χ0) is 25.8. The first-order valence-electron chi connectivity index (χ1n) is 12.1. The highest BCUT2D eigenvalue weighted by molar-refractivity contribution is 6.15. The molecule has 37 heavy (non-hydrogen) atoms. The largest absolute Gasteiger partial charge is 0.488 e. The number of rotatable bonds is 6. The highest BCUT2D eigenvalue weighted by atomic mass is 16.7. The number of benzene rings is 3. The van der Waals surface area contributed by atoms with Gasteiger partial charge in [0.15, 0.2) is 0 Å². The Morgan fingerprint density at radius 2 is 1.78 bits per heavy atom. The van der Waals surface area contributed by atoms with Crippen LogP contribution in [-0.4, -0.2) is 28.9 Å². The van der Waals surface area contributed by atoms with E-state index >= 15 is 0 Å². The lowest BCUT2D eigenvalue weighted by molar-refractivity contribution is -0.160. The number of pyridine rings is 1. The molecular formula is C30H28N2O5. The second-order valence-electron chi connectivity index (χ2n) is 9.69. The fourth-order valence-electron chi connectivity index (χ4n) is 4.05. The SMILES string of the molecule is CC(C)(C)OC(=O)CO/N=C1\c2ccccc2COc2ccc(OCc3ccc4ccccc4n3)cc21. The van der Waals surface area contributed by atoms with Crippen molar-refractivity contribution in [2.24, 2.45) is 5.16 Å². The number of oxime groups is 1. The molecule has 0 N–H and O–H groups in total. The lowest BCUT2D eigenvalue weighted by Gasteiger charge is -2.18. The van der Waals surface area contributed by atoms with E-state index in [1.165, 1.54) is 0 Å². The molecule has 2 heterocycles. The topological polar surface area (TPSA) is 79.2 Å². The minimum atomic E-state index is -0.602. The van der Waals surface area contributed by atoms with Crippen LogP contribution in [0.3, 0.4) is 0 Å². The molecule has 1 aliphatic rings. The molecule has 0 saturated heterocycles. The Hall–Kier alpha value is -4.39. The third kappa shape index (κ3) is 5.89. The smallest absolute Gasteiger partial charge is 0.347 e. The summed E-state index contributed by atoms with van der Waals surface area (Å²) in [6.07, 6.45) is 0. The quantitative estimate of drug-likeness (QED) is 0.247. The van der Waals surface area contributed by atoms with E-state index in [1.807, 2.05) is 78.9 Å². The number of carbonyl (C=O) groups is 1. The third-order valence-electron chi connectivity index (χ3n) is 5.66. The first kappa shape index (κ1) is 24.3. The Morgan fingerprint density at radius 3 is 2.65 bits per heavy atom. The van der Waals surface area contributed by atoms with Crippen LogP contribution in [0.2, 0.25) is 0 Å². The van der Waals surface area contributed by atoms with Crippen molar-refractivity contribution < 1.29 is 23.8 Å². The van der Waals surface area contributed by atoms with Crippen LogP contribution in [0, 0.1) is 0 Å². The average Bonchev–Trinajstić information content (AvgIpc) is 3.03. The van der Waals surface area contributed by atoms with Crippen molar-refractivity contribution in [3.05, 3.63) is 101 Å². The van der Waals surface area contributed by atoms with Crippen molar-refractivity contribution in [2.45, 2.75) is 39.6 Å². The number of nitrogens with zero attached hydrogens (tertiary/aromatic N) is 2. The first-order chi connectivity index (χ1) is 17.9. The van der Waals surface area contributed by atoms with Gasteiger partial charge >= 0.3 is 5.97 Å². The monoisotopic (exact) mass is 496 g/mol. The molecular weight excluding hydrogens is 468 g/mol. The first-order valence-corrected chi connectivity index (χ1v) is 12.1. The number of ether oxygens (including phenoxy) is 3. The highest BCUT2D eigenvalue weighted by Crippen LogP contribution is 2.32. The number of para-hydroxylation sites is 1. The van der Waals surface area contributed by atoms with E-state index in [0.29, 0.717) is 36.0 Å². The molecule has 0 fully saturated rings. The summed E-state index contributed by atoms with van der Waals surface area (Å²) in [5, 5.41) is 5.44. The van der Waals surface area contributed by atoms with Crippen molar-refractivity contribution >= 4 is 22.6 Å². The molecule has 0 unspecified atom stereocenters. The Balaban J connectivity index is 1.40. The van der Waals surface area contributed by atoms with Gasteiger partial charge in [-0.2, -0.15) is 0 Å². The molecule has 188 valence electrons. The van der Waals surface area contributed by atoms with Crippen molar-refractivity contribution in [3.63, 3.8) is 0 Å². The molecule has 3 aromatic carbocycles. The van der Waals surface area contributed by atoms with Crippen LogP contribution in [-0.2, 0) is 27.6 Å². The van der Waals surface area contributed by atoms with Crippen LogP contribution in [0.15, 0.2) is 84.0 Å². The molecule has 0 bridgehead atoms. The van der Waals surface area contributed by atoms with Crippen molar-refractivity contribution in [3.8, 4) is 11.5 Å². The van der Waals surface area contributed by atoms with Crippen LogP contribution < -0.4 is 9.47 Å². The van der Waals surface area contributed by atoms with Gasteiger partial charge in [0, 0.05) is 16.5 Å². The van der Waals surface area contributed by atoms with Gasteiger partial charge in [0.2, 0.25) is 6.61 Å². The highest BCUT2D eigenvalue weighted by Gasteiger charge is 2.23. The van der Waals surface area contributed by atoms with Gasteiger partial charge in [0.05, 0.1) is 11.2 Å². The Morgan fingerprint density at radius 1 is 0.973 bits per heavy atom. The molecule has 0 atom stereocenters. The van der Waals surface area contributed by atoms with E-state index in [9.17, 15) is 4.79 Å². The van der Waals surface area contributed by atoms with Gasteiger partial charge in [-0.15, -0.1) is 0 Å². The van der Waals surface area contributed by atoms with Crippen molar-refractivity contribution in [1.29, 1.82) is 0 Å². The van der Waals surface area contributed by atoms with Crippen LogP contribution in [0.4, 0.5) is 0 Å². The predicted molar refractivity (Wildman–Crippen MR) is 141 cm³/mol. The summed E-state index contributed by atoms with van der Waals surface area (Å²) in [7, 11) is 0. The maximum Gasteiger partial charge on any atom is 0.347 e. The summed E-state index contributed by atoms with van der Waals surface area (Å²) in [5.41, 5.74) is 4.23. The van der Waals surface area contributed by atoms with Crippen molar-refractivity contribution in [1.82, 2.24) is 4.98 Å². The van der Waals surface area contributed by atoms with Gasteiger partial charge in [-0.05, 0) is 56.7 Å². The fourth-order valence-corrected chi connectivity index (χ4v) is 4.05. The molecule has 0 radical (unpaired) electrons. The molecule has 0 aliphatic carbocycles. The number of hydrogen-bond acceptors (Lipinski definition) is 7. The molecule has 1 aliphatic heterocycles. The molecule has 7 heteroatoms. The second kappa shape index (κ2) is 10.3. The van der Waals surface area contributed by atoms with Gasteiger partial charge in [0.1, 0.15) is 36.0 Å². The number of carbonyl (C=O) groups excluding carboxylic acids is 1. The van der Waals surface area contributed by atoms with Gasteiger partial charge in [-0.3, -0.25) is 0 Å². The number of fused-ring (bicyclic) bond motifs is 3. The minimum absolute atomic E-state index is 0.303. The molecule has 0 saturated carbocycles. The predicted octanol–water partition coefficient (Wildman–Crippen LogP) is 5.82. The molecule has 7 nitrogen and oxygen atoms in total. The zero-order valence-electron chi connectivity index (χ0n) is 21.1. The molecule has 0 amide bonds. The van der Waals surface area contributed by atoms with Crippen LogP contribution in [0.25, 0.3) is 10.9 Å². The summed E-state index contributed by atoms with van der Waals surface area (Å²) in [4.78, 5) is 22.3. The second-order valence-corrected chi connectivity index (χ2v) is 9.69. The van der Waals surface area contributed by atoms with E-state index in [1.54, 1.807) is 20.8 Å². The maximum atomic E-state index is 12.1. The zero-order valence-corrected chi connectivity index (χ0v) is 21.1. The van der Waals surface area contributed by atoms with Crippen LogP contribution >= 0.6 is 0 Å². The molecule has 1 aromatic heterocycles. The van der Waals surface area contributed by atoms with E-state index in [2.05, 4.69) is 10.1 Å². The van der Waals surface area contributed by atoms with Gasteiger partial charge < -0.3 is 19.0 Å². The van der Waals surface area contributed by atoms with Crippen LogP contribution in [0.5, 0.6) is 11.5 Å². The standard InChI is InChI=1S/C30H28N2O5/c1-30(2,3)37-28(33)19-36-32-29-24-10-6-4-9-21(24)17-35-27-15-14-23(16-25(27)29)34-18-22-13-12-20-8-5-7-11-26(20)31-22/h4-16H,17-19H2,1-3H3/b32-29+. The molecule has 0 spiro atoms. The van der Waals surface area contributed by atoms with E-state index in [-0.39, 0.29) is 6.61 Å². The van der Waals surface area contributed by atoms with Crippen LogP contribution in [0.1, 0.15) is 43.2 Å². The van der Waals surface area contributed by atoms with E-state index < -0.39 is 11.6 Å². The van der Waals surface area contributed by atoms with E-state index in [0.717, 1.165) is 27.7 Å². The average molecular weight is 497 g/mol. The summed E-state index contributed by atoms with van der Waals surface area (Å²) in [6, 6.07) is 25.4. The summed E-state index contributed by atoms with van der Waals surface area (Å²) >= 11 is 0. The Bertz CT molecular complexity index is 1470. The summed E-state index contributed by atoms with van der Waals surface area (Å²) < 4.78 is 17.5. The van der Waals surface area contributed by atoms with E-state index in [4.69, 9.17) is 19.0 Å². The third-order valence-corrected chi connectivity index (χ3v) is 5.66. The Labute approximate surface area is 215 Å². The maximum absolute atomic E-state index is 12.1. The van der Waals surface area contributed by atoms with Gasteiger partial charge in [-0.1, -0.05) is 53.7 Å². The summed E-state index contributed by atoms with van der Waals surface area (Å²) in [6.45, 7) is 5.81. The normalized spacial score (nSPS) is 13.8. The molecule has 5 rings (SSSR count). The summed E-state index contributed by atoms with van der Waals surface area (Å²) in [5.74, 6) is 0.790. The van der Waals surface area contributed by atoms with Gasteiger partial charge in [-0.25, -0.2) is 9.78 Å². The lowest BCUT2D eigenvalue weighted by Crippen LogP contribution is -2.26. The number of aromatic nitrogens is 1. The minimum Gasteiger partial charge on any atom is -0.488 e. The molecule has 4 aromatic rings. The van der Waals surface area contributed by atoms with Gasteiger partial charge in [0.25, 0.3) is 0 Å². The Kier molecular flexibility index (Phi) is 6.77. The lowest BCUT2D eigenvalue weighted by atomic mass is 9.98. The van der Waals surface area contributed by atoms with Crippen molar-refractivity contribution in [2.75, 3.05) is 6.61 Å². The number of hydrogen-bond donors (Lipinski definition) is 0. The number of esters is 1.